The molecule has 0 bridgehead atoms. The normalized spacial score (nSPS) is 10.2. The lowest BCUT2D eigenvalue weighted by Crippen LogP contribution is -2.36. The third kappa shape index (κ3) is 3.82. The first-order chi connectivity index (χ1) is 8.45. The van der Waals surface area contributed by atoms with Crippen LogP contribution in [0.4, 0.5) is 0 Å². The highest BCUT2D eigenvalue weighted by Gasteiger charge is 2.21. The topological polar surface area (TPSA) is 83.4 Å². The summed E-state index contributed by atoms with van der Waals surface area (Å²) in [5.41, 5.74) is 0.0476. The van der Waals surface area contributed by atoms with E-state index in [0.717, 1.165) is 0 Å². The van der Waals surface area contributed by atoms with Gasteiger partial charge in [0.05, 0.1) is 5.56 Å². The smallest absolute Gasteiger partial charge is 0.323 e. The summed E-state index contributed by atoms with van der Waals surface area (Å²) >= 11 is 11.4. The van der Waals surface area contributed by atoms with Gasteiger partial charge in [-0.25, -0.2) is 0 Å². The number of hydrogen-bond acceptors (Lipinski definition) is 4. The lowest BCUT2D eigenvalue weighted by Gasteiger charge is -2.20. The molecule has 0 saturated carbocycles. The van der Waals surface area contributed by atoms with Gasteiger partial charge in [-0.3, -0.25) is 9.59 Å². The molecule has 0 aliphatic rings. The van der Waals surface area contributed by atoms with E-state index in [4.69, 9.17) is 28.3 Å². The van der Waals surface area contributed by atoms with Crippen LogP contribution in [0.15, 0.2) is 6.07 Å². The van der Waals surface area contributed by atoms with Crippen LogP contribution in [-0.2, 0) is 4.79 Å². The number of rotatable bonds is 5. The van der Waals surface area contributed by atoms with Gasteiger partial charge in [0, 0.05) is 6.54 Å². The molecular formula is C10H11Cl2N3O3. The Labute approximate surface area is 114 Å². The fourth-order valence-electron chi connectivity index (χ4n) is 1.36. The lowest BCUT2D eigenvalue weighted by molar-refractivity contribution is -0.137. The second-order valence-electron chi connectivity index (χ2n) is 3.49. The van der Waals surface area contributed by atoms with Crippen molar-refractivity contribution in [1.29, 1.82) is 0 Å². The number of aliphatic carboxylic acids is 1. The highest BCUT2D eigenvalue weighted by Crippen LogP contribution is 2.17. The van der Waals surface area contributed by atoms with Gasteiger partial charge in [0.2, 0.25) is 0 Å². The van der Waals surface area contributed by atoms with E-state index < -0.39 is 18.4 Å². The van der Waals surface area contributed by atoms with Crippen molar-refractivity contribution in [3.63, 3.8) is 0 Å². The number of carbonyl (C=O) groups is 2. The summed E-state index contributed by atoms with van der Waals surface area (Å²) in [7, 11) is 0. The maximum Gasteiger partial charge on any atom is 0.323 e. The second-order valence-corrected chi connectivity index (χ2v) is 4.24. The van der Waals surface area contributed by atoms with Crippen molar-refractivity contribution in [2.75, 3.05) is 13.1 Å². The second kappa shape index (κ2) is 6.51. The number of amides is 1. The molecule has 1 rings (SSSR count). The van der Waals surface area contributed by atoms with Crippen LogP contribution in [0, 0.1) is 0 Å². The van der Waals surface area contributed by atoms with Crippen molar-refractivity contribution in [3.05, 3.63) is 21.9 Å². The van der Waals surface area contributed by atoms with Gasteiger partial charge in [-0.15, -0.1) is 10.2 Å². The Kier molecular flexibility index (Phi) is 5.30. The first-order valence-electron chi connectivity index (χ1n) is 5.15. The van der Waals surface area contributed by atoms with Crippen LogP contribution in [-0.4, -0.2) is 45.2 Å². The summed E-state index contributed by atoms with van der Waals surface area (Å²) in [6.45, 7) is 1.74. The maximum atomic E-state index is 12.1. The molecule has 0 aliphatic heterocycles. The van der Waals surface area contributed by atoms with E-state index in [1.807, 2.05) is 6.92 Å². The highest BCUT2D eigenvalue weighted by molar-refractivity contribution is 6.34. The Balaban J connectivity index is 3.01. The van der Waals surface area contributed by atoms with E-state index in [-0.39, 0.29) is 15.9 Å². The minimum atomic E-state index is -1.10. The summed E-state index contributed by atoms with van der Waals surface area (Å²) in [4.78, 5) is 24.0. The molecule has 0 spiro atoms. The van der Waals surface area contributed by atoms with Gasteiger partial charge in [0.25, 0.3) is 5.91 Å². The molecular weight excluding hydrogens is 281 g/mol. The SMILES string of the molecule is CCCN(CC(=O)O)C(=O)c1cc(Cl)nnc1Cl. The Morgan fingerprint density at radius 2 is 2.06 bits per heavy atom. The van der Waals surface area contributed by atoms with Gasteiger partial charge in [0.15, 0.2) is 10.3 Å². The Hall–Kier alpha value is -1.40. The van der Waals surface area contributed by atoms with Crippen LogP contribution in [0.3, 0.4) is 0 Å². The van der Waals surface area contributed by atoms with Crippen molar-refractivity contribution >= 4 is 35.1 Å². The fraction of sp³-hybridized carbons (Fsp3) is 0.400. The predicted octanol–water partition coefficient (Wildman–Crippen LogP) is 1.72. The molecule has 18 heavy (non-hydrogen) atoms. The molecule has 1 aromatic heterocycles. The summed E-state index contributed by atoms with van der Waals surface area (Å²) in [5.74, 6) is -1.62. The number of nitrogens with zero attached hydrogens (tertiary/aromatic N) is 3. The largest absolute Gasteiger partial charge is 0.480 e. The lowest BCUT2D eigenvalue weighted by atomic mass is 10.2. The highest BCUT2D eigenvalue weighted by atomic mass is 35.5. The molecule has 6 nitrogen and oxygen atoms in total. The van der Waals surface area contributed by atoms with Crippen molar-refractivity contribution < 1.29 is 14.7 Å². The van der Waals surface area contributed by atoms with Gasteiger partial charge in [-0.2, -0.15) is 0 Å². The van der Waals surface area contributed by atoms with Crippen LogP contribution in [0.25, 0.3) is 0 Å². The molecule has 1 heterocycles. The number of carboxylic acid groups (broad SMARTS) is 1. The van der Waals surface area contributed by atoms with E-state index in [2.05, 4.69) is 10.2 Å². The first-order valence-corrected chi connectivity index (χ1v) is 5.91. The van der Waals surface area contributed by atoms with Gasteiger partial charge in [-0.1, -0.05) is 30.1 Å². The zero-order valence-corrected chi connectivity index (χ0v) is 11.1. The standard InChI is InChI=1S/C10H11Cl2N3O3/c1-2-3-15(5-8(16)17)10(18)6-4-7(11)13-14-9(6)12/h4H,2-3,5H2,1H3,(H,16,17). The molecule has 1 amide bonds. The third-order valence-electron chi connectivity index (χ3n) is 2.06. The van der Waals surface area contributed by atoms with E-state index in [0.29, 0.717) is 13.0 Å². The number of hydrogen-bond donors (Lipinski definition) is 1. The number of aromatic nitrogens is 2. The third-order valence-corrected chi connectivity index (χ3v) is 2.52. The van der Waals surface area contributed by atoms with E-state index in [1.54, 1.807) is 0 Å². The Morgan fingerprint density at radius 1 is 1.39 bits per heavy atom. The van der Waals surface area contributed by atoms with Crippen molar-refractivity contribution in [2.24, 2.45) is 0 Å². The van der Waals surface area contributed by atoms with E-state index in [1.165, 1.54) is 11.0 Å². The number of halogens is 2. The molecule has 0 radical (unpaired) electrons. The van der Waals surface area contributed by atoms with Crippen LogP contribution in [0.5, 0.6) is 0 Å². The maximum absolute atomic E-state index is 12.1. The zero-order valence-electron chi connectivity index (χ0n) is 9.56. The molecule has 0 saturated heterocycles. The van der Waals surface area contributed by atoms with Crippen LogP contribution in [0.2, 0.25) is 10.3 Å². The average Bonchev–Trinajstić information content (AvgIpc) is 2.30. The van der Waals surface area contributed by atoms with Gasteiger partial charge in [-0.05, 0) is 12.5 Å². The molecule has 1 N–H and O–H groups in total. The molecule has 0 aliphatic carbocycles. The monoisotopic (exact) mass is 291 g/mol. The molecule has 0 aromatic carbocycles. The molecule has 8 heteroatoms. The molecule has 1 aromatic rings. The fourth-order valence-corrected chi connectivity index (χ4v) is 1.68. The molecule has 0 unspecified atom stereocenters. The molecule has 0 atom stereocenters. The summed E-state index contributed by atoms with van der Waals surface area (Å²) in [6.07, 6.45) is 0.628. The summed E-state index contributed by atoms with van der Waals surface area (Å²) in [6, 6.07) is 1.27. The van der Waals surface area contributed by atoms with E-state index in [9.17, 15) is 9.59 Å². The first kappa shape index (κ1) is 14.7. The minimum absolute atomic E-state index is 0.0227. The zero-order chi connectivity index (χ0) is 13.7. The van der Waals surface area contributed by atoms with Crippen molar-refractivity contribution in [2.45, 2.75) is 13.3 Å². The van der Waals surface area contributed by atoms with Crippen molar-refractivity contribution in [3.8, 4) is 0 Å². The van der Waals surface area contributed by atoms with E-state index >= 15 is 0 Å². The van der Waals surface area contributed by atoms with Gasteiger partial charge < -0.3 is 10.0 Å². The summed E-state index contributed by atoms with van der Waals surface area (Å²) < 4.78 is 0. The Bertz CT molecular complexity index is 468. The predicted molar refractivity (Wildman–Crippen MR) is 65.9 cm³/mol. The Morgan fingerprint density at radius 3 is 2.61 bits per heavy atom. The van der Waals surface area contributed by atoms with Crippen LogP contribution < -0.4 is 0 Å². The van der Waals surface area contributed by atoms with Gasteiger partial charge in [0.1, 0.15) is 6.54 Å². The molecule has 0 fully saturated rings. The van der Waals surface area contributed by atoms with Crippen molar-refractivity contribution in [1.82, 2.24) is 15.1 Å². The number of carbonyl (C=O) groups excluding carboxylic acids is 1. The quantitative estimate of drug-likeness (QED) is 0.893. The van der Waals surface area contributed by atoms with Crippen LogP contribution in [0.1, 0.15) is 23.7 Å². The average molecular weight is 292 g/mol. The minimum Gasteiger partial charge on any atom is -0.480 e. The molecule has 98 valence electrons. The van der Waals surface area contributed by atoms with Gasteiger partial charge >= 0.3 is 5.97 Å². The summed E-state index contributed by atoms with van der Waals surface area (Å²) in [5, 5.41) is 15.7. The number of carboxylic acids is 1. The van der Waals surface area contributed by atoms with Crippen LogP contribution >= 0.6 is 23.2 Å².